The first-order valence-electron chi connectivity index (χ1n) is 10.1. The third-order valence-corrected chi connectivity index (χ3v) is 6.43. The summed E-state index contributed by atoms with van der Waals surface area (Å²) in [5.41, 5.74) is -1.36. The van der Waals surface area contributed by atoms with Gasteiger partial charge in [0.15, 0.2) is 6.61 Å². The Morgan fingerprint density at radius 3 is 2.50 bits per heavy atom. The van der Waals surface area contributed by atoms with Crippen molar-refractivity contribution >= 4 is 11.6 Å². The molecule has 1 amide bonds. The van der Waals surface area contributed by atoms with Crippen LogP contribution in [-0.4, -0.2) is 40.2 Å². The fourth-order valence-corrected chi connectivity index (χ4v) is 4.26. The molecule has 0 unspecified atom stereocenters. The second-order valence-corrected chi connectivity index (χ2v) is 9.45. The number of hydrazone groups is 1. The van der Waals surface area contributed by atoms with Gasteiger partial charge >= 0.3 is 6.18 Å². The molecule has 1 aromatic carbocycles. The number of amides is 1. The summed E-state index contributed by atoms with van der Waals surface area (Å²) in [6.07, 6.45) is -3.92. The minimum atomic E-state index is -5.04. The van der Waals surface area contributed by atoms with Gasteiger partial charge in [-0.1, -0.05) is 26.8 Å². The van der Waals surface area contributed by atoms with Crippen molar-refractivity contribution in [3.8, 4) is 5.75 Å². The molecule has 0 saturated heterocycles. The lowest BCUT2D eigenvalue weighted by atomic mass is 9.66. The fraction of sp³-hybridized carbons (Fsp3) is 0.636. The molecule has 166 valence electrons. The van der Waals surface area contributed by atoms with Crippen molar-refractivity contribution in [1.82, 2.24) is 5.01 Å². The Labute approximate surface area is 174 Å². The van der Waals surface area contributed by atoms with E-state index in [0.717, 1.165) is 11.1 Å². The van der Waals surface area contributed by atoms with Crippen LogP contribution in [0.3, 0.4) is 0 Å². The Balaban J connectivity index is 1.83. The Kier molecular flexibility index (Phi) is 5.69. The van der Waals surface area contributed by atoms with Crippen LogP contribution in [-0.2, 0) is 4.79 Å². The largest absolute Gasteiger partial charge is 0.484 e. The predicted molar refractivity (Wildman–Crippen MR) is 107 cm³/mol. The highest BCUT2D eigenvalue weighted by Crippen LogP contribution is 2.51. The summed E-state index contributed by atoms with van der Waals surface area (Å²) in [6, 6.07) is 5.16. The van der Waals surface area contributed by atoms with Gasteiger partial charge in [-0.25, -0.2) is 0 Å². The molecule has 0 bridgehead atoms. The second-order valence-electron chi connectivity index (χ2n) is 9.45. The standard InChI is InChI=1S/C22H29F3N2O3/c1-13-6-8-16(10-14(13)2)30-12-19(28)27-21(29,22(23,24)25)17-11-15(20(3,4)5)7-9-18(17)26-27/h6,8,10,15,17,29H,7,9,11-12H2,1-5H3/t15-,17-,21-/m0/s1. The van der Waals surface area contributed by atoms with Gasteiger partial charge in [0.2, 0.25) is 0 Å². The topological polar surface area (TPSA) is 62.1 Å². The molecule has 1 aliphatic heterocycles. The first-order valence-corrected chi connectivity index (χ1v) is 10.1. The number of aryl methyl sites for hydroxylation is 2. The third-order valence-electron chi connectivity index (χ3n) is 6.43. The normalized spacial score (nSPS) is 27.0. The summed E-state index contributed by atoms with van der Waals surface area (Å²) < 4.78 is 47.6. The van der Waals surface area contributed by atoms with E-state index < -0.39 is 30.3 Å². The van der Waals surface area contributed by atoms with Crippen LogP contribution in [0.1, 0.15) is 51.2 Å². The van der Waals surface area contributed by atoms with Crippen LogP contribution in [0.2, 0.25) is 0 Å². The first-order chi connectivity index (χ1) is 13.7. The predicted octanol–water partition coefficient (Wildman–Crippen LogP) is 4.59. The fourth-order valence-electron chi connectivity index (χ4n) is 4.26. The minimum Gasteiger partial charge on any atom is -0.484 e. The number of aliphatic hydroxyl groups is 1. The Morgan fingerprint density at radius 2 is 1.93 bits per heavy atom. The molecular weight excluding hydrogens is 397 g/mol. The average Bonchev–Trinajstić information content (AvgIpc) is 2.95. The SMILES string of the molecule is Cc1ccc(OCC(=O)N2N=C3CC[C@H](C(C)(C)C)C[C@@H]3[C@]2(O)C(F)(F)F)cc1C. The first kappa shape index (κ1) is 22.6. The van der Waals surface area contributed by atoms with Gasteiger partial charge in [0, 0.05) is 5.71 Å². The number of halogens is 3. The maximum absolute atomic E-state index is 14.1. The zero-order valence-corrected chi connectivity index (χ0v) is 18.0. The zero-order chi connectivity index (χ0) is 22.5. The van der Waals surface area contributed by atoms with Crippen LogP contribution in [0, 0.1) is 31.1 Å². The molecule has 0 radical (unpaired) electrons. The van der Waals surface area contributed by atoms with E-state index in [-0.39, 0.29) is 28.5 Å². The molecule has 3 atom stereocenters. The quantitative estimate of drug-likeness (QED) is 0.769. The number of carbonyl (C=O) groups excluding carboxylic acids is 1. The molecule has 1 aliphatic carbocycles. The van der Waals surface area contributed by atoms with Crippen LogP contribution >= 0.6 is 0 Å². The highest BCUT2D eigenvalue weighted by Gasteiger charge is 2.69. The number of hydrogen-bond acceptors (Lipinski definition) is 4. The van der Waals surface area contributed by atoms with E-state index >= 15 is 0 Å². The molecular formula is C22H29F3N2O3. The number of nitrogens with zero attached hydrogens (tertiary/aromatic N) is 2. The summed E-state index contributed by atoms with van der Waals surface area (Å²) in [5, 5.41) is 15.0. The van der Waals surface area contributed by atoms with E-state index in [1.54, 1.807) is 18.2 Å². The van der Waals surface area contributed by atoms with Crippen molar-refractivity contribution in [2.75, 3.05) is 6.61 Å². The highest BCUT2D eigenvalue weighted by atomic mass is 19.4. The van der Waals surface area contributed by atoms with Gasteiger partial charge in [0.25, 0.3) is 11.6 Å². The zero-order valence-electron chi connectivity index (χ0n) is 18.0. The van der Waals surface area contributed by atoms with E-state index in [9.17, 15) is 23.1 Å². The highest BCUT2D eigenvalue weighted by molar-refractivity contribution is 5.93. The van der Waals surface area contributed by atoms with E-state index in [1.807, 2.05) is 34.6 Å². The van der Waals surface area contributed by atoms with Gasteiger partial charge in [0.1, 0.15) is 5.75 Å². The molecule has 5 nitrogen and oxygen atoms in total. The molecule has 1 saturated carbocycles. The van der Waals surface area contributed by atoms with Crippen molar-refractivity contribution < 1.29 is 27.8 Å². The minimum absolute atomic E-state index is 0.0165. The Bertz CT molecular complexity index is 860. The summed E-state index contributed by atoms with van der Waals surface area (Å²) >= 11 is 0. The lowest BCUT2D eigenvalue weighted by Gasteiger charge is -2.42. The smallest absolute Gasteiger partial charge is 0.439 e. The van der Waals surface area contributed by atoms with Crippen molar-refractivity contribution in [2.45, 2.75) is 65.8 Å². The van der Waals surface area contributed by atoms with Gasteiger partial charge in [-0.2, -0.15) is 23.3 Å². The van der Waals surface area contributed by atoms with Crippen LogP contribution in [0.15, 0.2) is 23.3 Å². The number of fused-ring (bicyclic) bond motifs is 1. The second kappa shape index (κ2) is 7.55. The van der Waals surface area contributed by atoms with Crippen LogP contribution in [0.25, 0.3) is 0 Å². The molecule has 0 aromatic heterocycles. The van der Waals surface area contributed by atoms with Crippen LogP contribution in [0.4, 0.5) is 13.2 Å². The monoisotopic (exact) mass is 426 g/mol. The number of benzene rings is 1. The van der Waals surface area contributed by atoms with Crippen molar-refractivity contribution in [1.29, 1.82) is 0 Å². The average molecular weight is 426 g/mol. The van der Waals surface area contributed by atoms with Gasteiger partial charge < -0.3 is 9.84 Å². The number of carbonyl (C=O) groups is 1. The summed E-state index contributed by atoms with van der Waals surface area (Å²) in [7, 11) is 0. The maximum atomic E-state index is 14.1. The molecule has 1 aromatic rings. The molecule has 0 spiro atoms. The molecule has 8 heteroatoms. The van der Waals surface area contributed by atoms with E-state index in [4.69, 9.17) is 4.74 Å². The maximum Gasteiger partial charge on any atom is 0.439 e. The molecule has 30 heavy (non-hydrogen) atoms. The van der Waals surface area contributed by atoms with E-state index in [0.29, 0.717) is 18.6 Å². The van der Waals surface area contributed by atoms with Crippen molar-refractivity contribution in [2.24, 2.45) is 22.4 Å². The van der Waals surface area contributed by atoms with Crippen LogP contribution in [0.5, 0.6) is 5.75 Å². The summed E-state index contributed by atoms with van der Waals surface area (Å²) in [5.74, 6) is -1.93. The number of alkyl halides is 3. The van der Waals surface area contributed by atoms with Gasteiger partial charge in [-0.3, -0.25) is 4.79 Å². The molecule has 1 fully saturated rings. The van der Waals surface area contributed by atoms with E-state index in [2.05, 4.69) is 5.10 Å². The lowest BCUT2D eigenvalue weighted by Crippen LogP contribution is -2.62. The molecule has 2 aliphatic rings. The lowest BCUT2D eigenvalue weighted by molar-refractivity contribution is -0.318. The van der Waals surface area contributed by atoms with Gasteiger partial charge in [0.05, 0.1) is 5.92 Å². The number of ether oxygens (including phenoxy) is 1. The van der Waals surface area contributed by atoms with Gasteiger partial charge in [-0.05, 0) is 67.7 Å². The number of rotatable bonds is 3. The van der Waals surface area contributed by atoms with Crippen molar-refractivity contribution in [3.05, 3.63) is 29.3 Å². The summed E-state index contributed by atoms with van der Waals surface area (Å²) in [6.45, 7) is 9.06. The van der Waals surface area contributed by atoms with Gasteiger partial charge in [-0.15, -0.1) is 0 Å². The number of hydrogen-bond donors (Lipinski definition) is 1. The van der Waals surface area contributed by atoms with Crippen molar-refractivity contribution in [3.63, 3.8) is 0 Å². The Morgan fingerprint density at radius 1 is 1.27 bits per heavy atom. The molecule has 3 rings (SSSR count). The van der Waals surface area contributed by atoms with E-state index in [1.165, 1.54) is 0 Å². The van der Waals surface area contributed by atoms with Crippen LogP contribution < -0.4 is 4.74 Å². The Hall–Kier alpha value is -2.09. The molecule has 1 heterocycles. The third kappa shape index (κ3) is 3.94. The molecule has 1 N–H and O–H groups in total. The summed E-state index contributed by atoms with van der Waals surface area (Å²) in [4.78, 5) is 12.7.